The van der Waals surface area contributed by atoms with Crippen molar-refractivity contribution >= 4 is 0 Å². The summed E-state index contributed by atoms with van der Waals surface area (Å²) < 4.78 is 0. The van der Waals surface area contributed by atoms with E-state index in [2.05, 4.69) is 75.4 Å². The van der Waals surface area contributed by atoms with Crippen LogP contribution in [0.15, 0.2) is 0 Å². The number of hydrogen-bond acceptors (Lipinski definition) is 4. The fourth-order valence-corrected chi connectivity index (χ4v) is 4.85. The Bertz CT molecular complexity index is 409. The summed E-state index contributed by atoms with van der Waals surface area (Å²) in [6.45, 7) is 18.0. The Balaban J connectivity index is 0.000000187. The molecule has 0 N–H and O–H groups in total. The average molecular weight is 367 g/mol. The predicted molar refractivity (Wildman–Crippen MR) is 114 cm³/mol. The van der Waals surface area contributed by atoms with Gasteiger partial charge in [0.05, 0.1) is 0 Å². The van der Waals surface area contributed by atoms with Gasteiger partial charge in [0.2, 0.25) is 0 Å². The lowest BCUT2D eigenvalue weighted by Crippen LogP contribution is -2.52. The Kier molecular flexibility index (Phi) is 7.97. The van der Waals surface area contributed by atoms with Crippen LogP contribution in [-0.2, 0) is 0 Å². The second kappa shape index (κ2) is 9.36. The largest absolute Gasteiger partial charge is 0.305 e. The molecule has 3 rings (SSSR count). The number of nitrogens with zero attached hydrogens (tertiary/aromatic N) is 4. The molecule has 3 aliphatic rings. The molecule has 3 heterocycles. The lowest BCUT2D eigenvalue weighted by Gasteiger charge is -2.43. The van der Waals surface area contributed by atoms with Crippen LogP contribution in [0, 0.1) is 5.92 Å². The van der Waals surface area contributed by atoms with Gasteiger partial charge in [-0.1, -0.05) is 0 Å². The standard InChI is InChI=1S/C11H22N2.C11H24N2/c1-9(2)13-7-10-5-4-6-12(3)11(10)8-13;1-11(2,3)13-8-6-7-10(9-13)12(4)5/h9-11H,4-8H2,1-3H3;10H,6-9H2,1-5H3. The van der Waals surface area contributed by atoms with Crippen LogP contribution in [0.4, 0.5) is 0 Å². The molecule has 4 nitrogen and oxygen atoms in total. The van der Waals surface area contributed by atoms with Crippen LogP contribution in [0.3, 0.4) is 0 Å². The smallest absolute Gasteiger partial charge is 0.0260 e. The van der Waals surface area contributed by atoms with Gasteiger partial charge in [-0.3, -0.25) is 9.80 Å². The maximum Gasteiger partial charge on any atom is 0.0260 e. The van der Waals surface area contributed by atoms with Gasteiger partial charge in [-0.05, 0) is 100 Å². The van der Waals surface area contributed by atoms with E-state index < -0.39 is 0 Å². The second-order valence-corrected chi connectivity index (χ2v) is 10.4. The van der Waals surface area contributed by atoms with Crippen molar-refractivity contribution in [3.05, 3.63) is 0 Å². The second-order valence-electron chi connectivity index (χ2n) is 10.4. The van der Waals surface area contributed by atoms with E-state index in [0.29, 0.717) is 5.54 Å². The van der Waals surface area contributed by atoms with Gasteiger partial charge in [0.1, 0.15) is 0 Å². The van der Waals surface area contributed by atoms with Crippen molar-refractivity contribution in [1.82, 2.24) is 19.6 Å². The highest BCUT2D eigenvalue weighted by Gasteiger charge is 2.37. The van der Waals surface area contributed by atoms with Crippen molar-refractivity contribution in [3.63, 3.8) is 0 Å². The first-order valence-electron chi connectivity index (χ1n) is 11.0. The first-order chi connectivity index (χ1) is 12.1. The molecule has 26 heavy (non-hydrogen) atoms. The number of likely N-dealkylation sites (N-methyl/N-ethyl adjacent to an activating group) is 2. The predicted octanol–water partition coefficient (Wildman–Crippen LogP) is 3.23. The summed E-state index contributed by atoms with van der Waals surface area (Å²) in [5.74, 6) is 0.959. The average Bonchev–Trinajstić information content (AvgIpc) is 3.01. The maximum absolute atomic E-state index is 2.64. The minimum Gasteiger partial charge on any atom is -0.305 e. The quantitative estimate of drug-likeness (QED) is 0.744. The molecule has 0 aromatic carbocycles. The van der Waals surface area contributed by atoms with Crippen molar-refractivity contribution in [2.75, 3.05) is 53.9 Å². The highest BCUT2D eigenvalue weighted by Crippen LogP contribution is 2.30. The number of likely N-dealkylation sites (tertiary alicyclic amines) is 3. The Morgan fingerprint density at radius 2 is 1.58 bits per heavy atom. The summed E-state index contributed by atoms with van der Waals surface area (Å²) in [7, 11) is 6.67. The Morgan fingerprint density at radius 1 is 0.923 bits per heavy atom. The monoisotopic (exact) mass is 366 g/mol. The summed E-state index contributed by atoms with van der Waals surface area (Å²) in [6, 6.07) is 2.35. The SMILES string of the molecule is CC(C)N1CC2CCCN(C)C2C1.CN(C)C1CCCN(C(C)(C)C)C1. The maximum atomic E-state index is 2.64. The first-order valence-corrected chi connectivity index (χ1v) is 11.0. The highest BCUT2D eigenvalue weighted by molar-refractivity contribution is 4.93. The van der Waals surface area contributed by atoms with Crippen LogP contribution >= 0.6 is 0 Å². The first kappa shape index (κ1) is 22.1. The number of fused-ring (bicyclic) bond motifs is 1. The zero-order valence-corrected chi connectivity index (χ0v) is 19.0. The molecule has 0 aromatic rings. The third kappa shape index (κ3) is 5.92. The molecule has 0 radical (unpaired) electrons. The summed E-state index contributed by atoms with van der Waals surface area (Å²) in [4.78, 5) is 10.2. The van der Waals surface area contributed by atoms with Gasteiger partial charge in [-0.15, -0.1) is 0 Å². The van der Waals surface area contributed by atoms with Crippen LogP contribution in [-0.4, -0.2) is 97.1 Å². The molecule has 3 aliphatic heterocycles. The molecule has 0 amide bonds. The summed E-state index contributed by atoms with van der Waals surface area (Å²) in [5.41, 5.74) is 0.342. The zero-order chi connectivity index (χ0) is 19.5. The van der Waals surface area contributed by atoms with Gasteiger partial charge in [-0.25, -0.2) is 0 Å². The topological polar surface area (TPSA) is 13.0 Å². The molecule has 154 valence electrons. The van der Waals surface area contributed by atoms with Crippen molar-refractivity contribution in [2.45, 2.75) is 84.0 Å². The van der Waals surface area contributed by atoms with Crippen LogP contribution in [0.25, 0.3) is 0 Å². The summed E-state index contributed by atoms with van der Waals surface area (Å²) in [5, 5.41) is 0. The third-order valence-electron chi connectivity index (χ3n) is 6.89. The minimum absolute atomic E-state index is 0.342. The van der Waals surface area contributed by atoms with Gasteiger partial charge in [0.15, 0.2) is 0 Å². The van der Waals surface area contributed by atoms with E-state index in [4.69, 9.17) is 0 Å². The summed E-state index contributed by atoms with van der Waals surface area (Å²) in [6.07, 6.45) is 5.57. The molecule has 0 aliphatic carbocycles. The molecule has 3 atom stereocenters. The van der Waals surface area contributed by atoms with E-state index in [1.165, 1.54) is 58.4 Å². The molecule has 3 saturated heterocycles. The molecule has 3 unspecified atom stereocenters. The minimum atomic E-state index is 0.342. The fourth-order valence-electron chi connectivity index (χ4n) is 4.85. The van der Waals surface area contributed by atoms with Gasteiger partial charge in [0.25, 0.3) is 0 Å². The van der Waals surface area contributed by atoms with Crippen LogP contribution in [0.5, 0.6) is 0 Å². The molecular formula is C22H46N4. The van der Waals surface area contributed by atoms with Crippen molar-refractivity contribution < 1.29 is 0 Å². The third-order valence-corrected chi connectivity index (χ3v) is 6.89. The molecule has 0 spiro atoms. The summed E-state index contributed by atoms with van der Waals surface area (Å²) >= 11 is 0. The van der Waals surface area contributed by atoms with E-state index in [0.717, 1.165) is 24.0 Å². The van der Waals surface area contributed by atoms with E-state index in [1.807, 2.05) is 0 Å². The molecule has 0 bridgehead atoms. The van der Waals surface area contributed by atoms with E-state index in [-0.39, 0.29) is 0 Å². The van der Waals surface area contributed by atoms with E-state index >= 15 is 0 Å². The van der Waals surface area contributed by atoms with Crippen molar-refractivity contribution in [1.29, 1.82) is 0 Å². The fraction of sp³-hybridized carbons (Fsp3) is 1.00. The van der Waals surface area contributed by atoms with Gasteiger partial charge < -0.3 is 9.80 Å². The molecular weight excluding hydrogens is 320 g/mol. The lowest BCUT2D eigenvalue weighted by molar-refractivity contribution is 0.0616. The van der Waals surface area contributed by atoms with Gasteiger partial charge in [-0.2, -0.15) is 0 Å². The Labute approximate surface area is 163 Å². The lowest BCUT2D eigenvalue weighted by atomic mass is 9.93. The van der Waals surface area contributed by atoms with E-state index in [1.54, 1.807) is 0 Å². The number of rotatable bonds is 2. The molecule has 4 heteroatoms. The van der Waals surface area contributed by atoms with Crippen molar-refractivity contribution in [3.8, 4) is 0 Å². The highest BCUT2D eigenvalue weighted by atomic mass is 15.3. The zero-order valence-electron chi connectivity index (χ0n) is 19.0. The number of piperidine rings is 2. The molecule has 0 saturated carbocycles. The van der Waals surface area contributed by atoms with E-state index in [9.17, 15) is 0 Å². The Morgan fingerprint density at radius 3 is 2.12 bits per heavy atom. The normalized spacial score (nSPS) is 31.8. The number of hydrogen-bond donors (Lipinski definition) is 0. The van der Waals surface area contributed by atoms with Gasteiger partial charge in [0, 0.05) is 43.3 Å². The molecule has 0 aromatic heterocycles. The van der Waals surface area contributed by atoms with Crippen LogP contribution < -0.4 is 0 Å². The Hall–Kier alpha value is -0.160. The van der Waals surface area contributed by atoms with Crippen LogP contribution in [0.2, 0.25) is 0 Å². The molecule has 3 fully saturated rings. The van der Waals surface area contributed by atoms with Crippen LogP contribution in [0.1, 0.15) is 60.3 Å². The van der Waals surface area contributed by atoms with Gasteiger partial charge >= 0.3 is 0 Å². The van der Waals surface area contributed by atoms with Crippen molar-refractivity contribution in [2.24, 2.45) is 5.92 Å².